The minimum Gasteiger partial charge on any atom is -0.486 e. The monoisotopic (exact) mass is 263 g/mol. The van der Waals surface area contributed by atoms with E-state index >= 15 is 0 Å². The average Bonchev–Trinajstić information content (AvgIpc) is 3.21. The average molecular weight is 263 g/mol. The van der Waals surface area contributed by atoms with E-state index in [2.05, 4.69) is 5.32 Å². The molecule has 5 nitrogen and oxygen atoms in total. The van der Waals surface area contributed by atoms with E-state index < -0.39 is 11.5 Å². The van der Waals surface area contributed by atoms with E-state index in [0.717, 1.165) is 12.8 Å². The van der Waals surface area contributed by atoms with Crippen LogP contribution < -0.4 is 14.8 Å². The highest BCUT2D eigenvalue weighted by Gasteiger charge is 2.40. The predicted molar refractivity (Wildman–Crippen MR) is 68.6 cm³/mol. The molecule has 0 aromatic heterocycles. The van der Waals surface area contributed by atoms with Crippen LogP contribution in [0.2, 0.25) is 0 Å². The van der Waals surface area contributed by atoms with Gasteiger partial charge < -0.3 is 14.6 Å². The second-order valence-corrected chi connectivity index (χ2v) is 5.21. The Labute approximate surface area is 111 Å². The van der Waals surface area contributed by atoms with Crippen LogP contribution in [0.15, 0.2) is 18.2 Å². The Morgan fingerprint density at radius 1 is 1.32 bits per heavy atom. The Morgan fingerprint density at radius 2 is 2.00 bits per heavy atom. The summed E-state index contributed by atoms with van der Waals surface area (Å²) in [6.45, 7) is 2.72. The number of nitrogens with one attached hydrogen (secondary N) is 1. The molecule has 1 saturated carbocycles. The van der Waals surface area contributed by atoms with Gasteiger partial charge in [-0.3, -0.25) is 5.32 Å². The van der Waals surface area contributed by atoms with Gasteiger partial charge in [-0.2, -0.15) is 0 Å². The lowest BCUT2D eigenvalue weighted by Gasteiger charge is -2.28. The quantitative estimate of drug-likeness (QED) is 0.862. The maximum Gasteiger partial charge on any atom is 0.328 e. The molecule has 5 heteroatoms. The second kappa shape index (κ2) is 4.42. The van der Waals surface area contributed by atoms with E-state index in [-0.39, 0.29) is 0 Å². The van der Waals surface area contributed by atoms with Crippen molar-refractivity contribution in [2.24, 2.45) is 0 Å². The molecule has 2 N–H and O–H groups in total. The molecule has 1 unspecified atom stereocenters. The summed E-state index contributed by atoms with van der Waals surface area (Å²) in [5, 5.41) is 12.7. The van der Waals surface area contributed by atoms with Crippen molar-refractivity contribution < 1.29 is 19.4 Å². The first kappa shape index (κ1) is 12.3. The number of carboxylic acids is 1. The molecular weight excluding hydrogens is 246 g/mol. The van der Waals surface area contributed by atoms with E-state index in [1.54, 1.807) is 25.1 Å². The van der Waals surface area contributed by atoms with E-state index in [9.17, 15) is 9.90 Å². The molecule has 3 rings (SSSR count). The SMILES string of the molecule is CC(NC1CC1)(C(=O)O)c1ccc2c(c1)OCCO2. The summed E-state index contributed by atoms with van der Waals surface area (Å²) in [6, 6.07) is 5.63. The lowest BCUT2D eigenvalue weighted by molar-refractivity contribution is -0.144. The van der Waals surface area contributed by atoms with Gasteiger partial charge in [-0.05, 0) is 37.5 Å². The molecule has 1 heterocycles. The molecule has 1 aliphatic heterocycles. The van der Waals surface area contributed by atoms with Gasteiger partial charge in [0.25, 0.3) is 0 Å². The largest absolute Gasteiger partial charge is 0.486 e. The van der Waals surface area contributed by atoms with Gasteiger partial charge in [-0.1, -0.05) is 6.07 Å². The number of rotatable bonds is 4. The van der Waals surface area contributed by atoms with Crippen LogP contribution >= 0.6 is 0 Å². The number of carboxylic acid groups (broad SMARTS) is 1. The van der Waals surface area contributed by atoms with Gasteiger partial charge in [0.15, 0.2) is 11.5 Å². The molecule has 1 aliphatic carbocycles. The summed E-state index contributed by atoms with van der Waals surface area (Å²) in [5.74, 6) is 0.416. The highest BCUT2D eigenvalue weighted by molar-refractivity contribution is 5.80. The fourth-order valence-electron chi connectivity index (χ4n) is 2.26. The molecule has 19 heavy (non-hydrogen) atoms. The van der Waals surface area contributed by atoms with Crippen LogP contribution in [0, 0.1) is 0 Å². The molecule has 0 saturated heterocycles. The Hall–Kier alpha value is -1.75. The third-order valence-electron chi connectivity index (χ3n) is 3.62. The molecule has 1 atom stereocenters. The van der Waals surface area contributed by atoms with Crippen molar-refractivity contribution in [1.29, 1.82) is 0 Å². The van der Waals surface area contributed by atoms with Gasteiger partial charge >= 0.3 is 5.97 Å². The fourth-order valence-corrected chi connectivity index (χ4v) is 2.26. The normalized spacial score (nSPS) is 20.7. The Bertz CT molecular complexity index is 512. The summed E-state index contributed by atoms with van der Waals surface area (Å²) in [7, 11) is 0. The number of aliphatic carboxylic acids is 1. The second-order valence-electron chi connectivity index (χ2n) is 5.21. The maximum atomic E-state index is 11.6. The summed E-state index contributed by atoms with van der Waals surface area (Å²) in [6.07, 6.45) is 2.07. The van der Waals surface area contributed by atoms with Gasteiger partial charge in [0, 0.05) is 6.04 Å². The first-order chi connectivity index (χ1) is 9.09. The van der Waals surface area contributed by atoms with E-state index in [1.807, 2.05) is 0 Å². The van der Waals surface area contributed by atoms with Crippen molar-refractivity contribution >= 4 is 5.97 Å². The van der Waals surface area contributed by atoms with Gasteiger partial charge in [0.05, 0.1) is 0 Å². The van der Waals surface area contributed by atoms with E-state index in [4.69, 9.17) is 9.47 Å². The summed E-state index contributed by atoms with van der Waals surface area (Å²) >= 11 is 0. The van der Waals surface area contributed by atoms with Gasteiger partial charge in [-0.25, -0.2) is 4.79 Å². The van der Waals surface area contributed by atoms with E-state index in [1.165, 1.54) is 0 Å². The third-order valence-corrected chi connectivity index (χ3v) is 3.62. The van der Waals surface area contributed by atoms with Crippen LogP contribution in [0.4, 0.5) is 0 Å². The zero-order chi connectivity index (χ0) is 13.5. The molecule has 0 bridgehead atoms. The van der Waals surface area contributed by atoms with Crippen LogP contribution in [0.1, 0.15) is 25.3 Å². The van der Waals surface area contributed by atoms with Gasteiger partial charge in [0.1, 0.15) is 18.8 Å². The molecule has 102 valence electrons. The van der Waals surface area contributed by atoms with Crippen molar-refractivity contribution in [3.63, 3.8) is 0 Å². The number of hydrogen-bond acceptors (Lipinski definition) is 4. The summed E-state index contributed by atoms with van der Waals surface area (Å²) in [5.41, 5.74) is -0.395. The van der Waals surface area contributed by atoms with Gasteiger partial charge in [0.2, 0.25) is 0 Å². The molecule has 0 amide bonds. The first-order valence-corrected chi connectivity index (χ1v) is 6.51. The van der Waals surface area contributed by atoms with Crippen molar-refractivity contribution in [1.82, 2.24) is 5.32 Å². The third kappa shape index (κ3) is 2.26. The molecule has 1 aromatic carbocycles. The lowest BCUT2D eigenvalue weighted by Crippen LogP contribution is -2.47. The van der Waals surface area contributed by atoms with E-state index in [0.29, 0.717) is 36.3 Å². The summed E-state index contributed by atoms with van der Waals surface area (Å²) in [4.78, 5) is 11.6. The lowest BCUT2D eigenvalue weighted by atomic mass is 9.91. The Kier molecular flexibility index (Phi) is 2.86. The Morgan fingerprint density at radius 3 is 2.63 bits per heavy atom. The number of benzene rings is 1. The van der Waals surface area contributed by atoms with Crippen molar-refractivity contribution in [3.05, 3.63) is 23.8 Å². The van der Waals surface area contributed by atoms with Crippen molar-refractivity contribution in [2.75, 3.05) is 13.2 Å². The zero-order valence-corrected chi connectivity index (χ0v) is 10.8. The zero-order valence-electron chi connectivity index (χ0n) is 10.8. The Balaban J connectivity index is 1.95. The van der Waals surface area contributed by atoms with Crippen LogP contribution in [-0.4, -0.2) is 30.3 Å². The summed E-state index contributed by atoms with van der Waals surface area (Å²) < 4.78 is 11.0. The van der Waals surface area contributed by atoms with Crippen LogP contribution in [0.5, 0.6) is 11.5 Å². The van der Waals surface area contributed by atoms with Crippen molar-refractivity contribution in [3.8, 4) is 11.5 Å². The number of ether oxygens (including phenoxy) is 2. The minimum atomic E-state index is -1.09. The molecule has 1 aromatic rings. The number of hydrogen-bond donors (Lipinski definition) is 2. The molecule has 1 fully saturated rings. The fraction of sp³-hybridized carbons (Fsp3) is 0.500. The topological polar surface area (TPSA) is 67.8 Å². The standard InChI is InChI=1S/C14H17NO4/c1-14(13(16)17,15-10-3-4-10)9-2-5-11-12(8-9)19-7-6-18-11/h2,5,8,10,15H,3-4,6-7H2,1H3,(H,16,17). The van der Waals surface area contributed by atoms with Crippen LogP contribution in [0.25, 0.3) is 0 Å². The first-order valence-electron chi connectivity index (χ1n) is 6.51. The maximum absolute atomic E-state index is 11.6. The number of fused-ring (bicyclic) bond motifs is 1. The highest BCUT2D eigenvalue weighted by atomic mass is 16.6. The number of carbonyl (C=O) groups is 1. The minimum absolute atomic E-state index is 0.300. The highest BCUT2D eigenvalue weighted by Crippen LogP contribution is 2.36. The van der Waals surface area contributed by atoms with Crippen LogP contribution in [-0.2, 0) is 10.3 Å². The molecular formula is C14H17NO4. The molecule has 0 radical (unpaired) electrons. The van der Waals surface area contributed by atoms with Crippen LogP contribution in [0.3, 0.4) is 0 Å². The smallest absolute Gasteiger partial charge is 0.328 e. The predicted octanol–water partition coefficient (Wildman–Crippen LogP) is 1.51. The van der Waals surface area contributed by atoms with Crippen molar-refractivity contribution in [2.45, 2.75) is 31.3 Å². The molecule has 0 spiro atoms. The molecule has 2 aliphatic rings. The van der Waals surface area contributed by atoms with Gasteiger partial charge in [-0.15, -0.1) is 0 Å².